The molecular weight excluding hydrogens is 332 g/mol. The van der Waals surface area contributed by atoms with E-state index in [1.807, 2.05) is 12.1 Å². The van der Waals surface area contributed by atoms with Gasteiger partial charge in [-0.25, -0.2) is 0 Å². The van der Waals surface area contributed by atoms with Crippen LogP contribution in [0.25, 0.3) is 0 Å². The molecule has 21 heavy (non-hydrogen) atoms. The van der Waals surface area contributed by atoms with Crippen molar-refractivity contribution in [3.63, 3.8) is 0 Å². The fourth-order valence-electron chi connectivity index (χ4n) is 2.64. The summed E-state index contributed by atoms with van der Waals surface area (Å²) in [6.07, 6.45) is 4.08. The molecule has 0 radical (unpaired) electrons. The quantitative estimate of drug-likeness (QED) is 0.921. The lowest BCUT2D eigenvalue weighted by molar-refractivity contribution is 0.0947. The van der Waals surface area contributed by atoms with Crippen LogP contribution >= 0.6 is 15.9 Å². The molecule has 2 aromatic rings. The summed E-state index contributed by atoms with van der Waals surface area (Å²) < 4.78 is 6.01. The fraction of sp³-hybridized carbons (Fsp3) is 0.312. The van der Waals surface area contributed by atoms with Crippen molar-refractivity contribution in [2.45, 2.75) is 6.42 Å². The molecule has 5 heteroatoms. The largest absolute Gasteiger partial charge is 0.472 e. The van der Waals surface area contributed by atoms with E-state index in [4.69, 9.17) is 4.42 Å². The number of carbonyl (C=O) groups is 1. The van der Waals surface area contributed by atoms with Crippen LogP contribution in [-0.2, 0) is 0 Å². The smallest absolute Gasteiger partial charge is 0.254 e. The summed E-state index contributed by atoms with van der Waals surface area (Å²) in [4.78, 5) is 14.2. The molecule has 1 N–H and O–H groups in total. The number of benzene rings is 1. The third kappa shape index (κ3) is 3.47. The Morgan fingerprint density at radius 1 is 1.43 bits per heavy atom. The Bertz CT molecular complexity index is 612. The molecular formula is C16H17BrN2O2. The minimum Gasteiger partial charge on any atom is -0.472 e. The van der Waals surface area contributed by atoms with Gasteiger partial charge in [-0.15, -0.1) is 0 Å². The second kappa shape index (κ2) is 6.35. The summed E-state index contributed by atoms with van der Waals surface area (Å²) in [5.41, 5.74) is 1.81. The molecule has 1 amide bonds. The second-order valence-corrected chi connectivity index (χ2v) is 6.22. The maximum atomic E-state index is 11.9. The van der Waals surface area contributed by atoms with Crippen molar-refractivity contribution >= 4 is 27.5 Å². The first-order chi connectivity index (χ1) is 10.2. The van der Waals surface area contributed by atoms with Crippen LogP contribution in [0, 0.1) is 5.92 Å². The summed E-state index contributed by atoms with van der Waals surface area (Å²) in [7, 11) is 0. The Kier molecular flexibility index (Phi) is 4.29. The molecule has 110 valence electrons. The molecule has 0 bridgehead atoms. The average Bonchev–Trinajstić information content (AvgIpc) is 3.16. The molecule has 1 aliphatic rings. The van der Waals surface area contributed by atoms with Crippen LogP contribution in [-0.4, -0.2) is 25.5 Å². The normalized spacial score (nSPS) is 18.0. The van der Waals surface area contributed by atoms with Gasteiger partial charge in [0.15, 0.2) is 0 Å². The zero-order chi connectivity index (χ0) is 14.7. The van der Waals surface area contributed by atoms with Crippen LogP contribution < -0.4 is 10.2 Å². The van der Waals surface area contributed by atoms with Gasteiger partial charge in [0.1, 0.15) is 6.26 Å². The van der Waals surface area contributed by atoms with Crippen molar-refractivity contribution in [2.75, 3.05) is 24.5 Å². The maximum absolute atomic E-state index is 11.9. The third-order valence-electron chi connectivity index (χ3n) is 3.79. The molecule has 0 unspecified atom stereocenters. The SMILES string of the molecule is O=C(NC[C@@H]1CCN(c2cccc(Br)c2)C1)c1ccoc1. The van der Waals surface area contributed by atoms with Gasteiger partial charge in [-0.1, -0.05) is 22.0 Å². The van der Waals surface area contributed by atoms with Gasteiger partial charge in [0.2, 0.25) is 0 Å². The van der Waals surface area contributed by atoms with Crippen LogP contribution in [0.4, 0.5) is 5.69 Å². The zero-order valence-electron chi connectivity index (χ0n) is 11.6. The Hall–Kier alpha value is -1.75. The van der Waals surface area contributed by atoms with E-state index in [-0.39, 0.29) is 5.91 Å². The Labute approximate surface area is 132 Å². The molecule has 1 aromatic heterocycles. The first-order valence-corrected chi connectivity index (χ1v) is 7.82. The molecule has 2 heterocycles. The lowest BCUT2D eigenvalue weighted by Crippen LogP contribution is -2.30. The Morgan fingerprint density at radius 3 is 3.10 bits per heavy atom. The van der Waals surface area contributed by atoms with Crippen molar-refractivity contribution in [3.8, 4) is 0 Å². The van der Waals surface area contributed by atoms with E-state index in [2.05, 4.69) is 38.3 Å². The van der Waals surface area contributed by atoms with Crippen LogP contribution in [0.1, 0.15) is 16.8 Å². The van der Waals surface area contributed by atoms with Gasteiger partial charge in [0.25, 0.3) is 5.91 Å². The molecule has 1 saturated heterocycles. The van der Waals surface area contributed by atoms with Gasteiger partial charge >= 0.3 is 0 Å². The molecule has 0 aliphatic carbocycles. The summed E-state index contributed by atoms with van der Waals surface area (Å²) >= 11 is 3.50. The van der Waals surface area contributed by atoms with E-state index in [9.17, 15) is 4.79 Å². The predicted molar refractivity (Wildman–Crippen MR) is 85.5 cm³/mol. The Balaban J connectivity index is 1.52. The molecule has 3 rings (SSSR count). The molecule has 1 aromatic carbocycles. The van der Waals surface area contributed by atoms with E-state index in [0.717, 1.165) is 24.0 Å². The van der Waals surface area contributed by atoms with Crippen molar-refractivity contribution in [1.82, 2.24) is 5.32 Å². The highest BCUT2D eigenvalue weighted by atomic mass is 79.9. The van der Waals surface area contributed by atoms with Gasteiger partial charge < -0.3 is 14.6 Å². The topological polar surface area (TPSA) is 45.5 Å². The first kappa shape index (κ1) is 14.2. The van der Waals surface area contributed by atoms with Crippen molar-refractivity contribution < 1.29 is 9.21 Å². The van der Waals surface area contributed by atoms with Crippen molar-refractivity contribution in [1.29, 1.82) is 0 Å². The molecule has 0 saturated carbocycles. The number of furan rings is 1. The monoisotopic (exact) mass is 348 g/mol. The highest BCUT2D eigenvalue weighted by Crippen LogP contribution is 2.25. The summed E-state index contributed by atoms with van der Waals surface area (Å²) in [6, 6.07) is 10.0. The number of hydrogen-bond donors (Lipinski definition) is 1. The summed E-state index contributed by atoms with van der Waals surface area (Å²) in [6.45, 7) is 2.71. The predicted octanol–water partition coefficient (Wildman–Crippen LogP) is 3.30. The van der Waals surface area contributed by atoms with Crippen LogP contribution in [0.2, 0.25) is 0 Å². The van der Waals surface area contributed by atoms with Crippen LogP contribution in [0.3, 0.4) is 0 Å². The number of hydrogen-bond acceptors (Lipinski definition) is 3. The minimum absolute atomic E-state index is 0.0651. The van der Waals surface area contributed by atoms with Gasteiger partial charge in [-0.3, -0.25) is 4.79 Å². The number of halogens is 1. The van der Waals surface area contributed by atoms with Crippen molar-refractivity contribution in [3.05, 3.63) is 52.9 Å². The molecule has 1 fully saturated rings. The molecule has 1 atom stereocenters. The standard InChI is InChI=1S/C16H17BrN2O2/c17-14-2-1-3-15(8-14)19-6-4-12(10-19)9-18-16(20)13-5-7-21-11-13/h1-3,5,7-8,11-12H,4,6,9-10H2,(H,18,20)/t12-/m0/s1. The molecule has 0 spiro atoms. The zero-order valence-corrected chi connectivity index (χ0v) is 13.2. The first-order valence-electron chi connectivity index (χ1n) is 7.03. The summed E-state index contributed by atoms with van der Waals surface area (Å²) in [5.74, 6) is 0.421. The second-order valence-electron chi connectivity index (χ2n) is 5.30. The summed E-state index contributed by atoms with van der Waals surface area (Å²) in [5, 5.41) is 2.98. The highest BCUT2D eigenvalue weighted by Gasteiger charge is 2.23. The van der Waals surface area contributed by atoms with E-state index < -0.39 is 0 Å². The van der Waals surface area contributed by atoms with Gasteiger partial charge in [0.05, 0.1) is 11.8 Å². The highest BCUT2D eigenvalue weighted by molar-refractivity contribution is 9.10. The number of nitrogens with zero attached hydrogens (tertiary/aromatic N) is 1. The van der Waals surface area contributed by atoms with Gasteiger partial charge in [-0.05, 0) is 36.6 Å². The van der Waals surface area contributed by atoms with Gasteiger partial charge in [-0.2, -0.15) is 0 Å². The third-order valence-corrected chi connectivity index (χ3v) is 4.29. The Morgan fingerprint density at radius 2 is 2.33 bits per heavy atom. The fourth-order valence-corrected chi connectivity index (χ4v) is 3.03. The number of carbonyl (C=O) groups excluding carboxylic acids is 1. The van der Waals surface area contributed by atoms with Crippen LogP contribution in [0.15, 0.2) is 51.7 Å². The van der Waals surface area contributed by atoms with Gasteiger partial charge in [0, 0.05) is 29.8 Å². The van der Waals surface area contributed by atoms with E-state index >= 15 is 0 Å². The average molecular weight is 349 g/mol. The number of amides is 1. The van der Waals surface area contributed by atoms with E-state index in [1.54, 1.807) is 6.07 Å². The van der Waals surface area contributed by atoms with Crippen molar-refractivity contribution in [2.24, 2.45) is 5.92 Å². The number of rotatable bonds is 4. The lowest BCUT2D eigenvalue weighted by Gasteiger charge is -2.19. The molecule has 4 nitrogen and oxygen atoms in total. The molecule has 1 aliphatic heterocycles. The lowest BCUT2D eigenvalue weighted by atomic mass is 10.1. The number of anilines is 1. The number of nitrogens with one attached hydrogen (secondary N) is 1. The minimum atomic E-state index is -0.0651. The maximum Gasteiger partial charge on any atom is 0.254 e. The van der Waals surface area contributed by atoms with E-state index in [1.165, 1.54) is 18.2 Å². The van der Waals surface area contributed by atoms with E-state index in [0.29, 0.717) is 18.0 Å². The van der Waals surface area contributed by atoms with Crippen LogP contribution in [0.5, 0.6) is 0 Å².